The lowest BCUT2D eigenvalue weighted by molar-refractivity contribution is -0.123. The third-order valence-corrected chi connectivity index (χ3v) is 4.35. The predicted molar refractivity (Wildman–Crippen MR) is 111 cm³/mol. The van der Waals surface area contributed by atoms with Gasteiger partial charge in [0.15, 0.2) is 18.1 Å². The van der Waals surface area contributed by atoms with Crippen molar-refractivity contribution in [3.8, 4) is 29.1 Å². The highest BCUT2D eigenvalue weighted by Gasteiger charge is 2.11. The largest absolute Gasteiger partial charge is 0.484 e. The highest BCUT2D eigenvalue weighted by Crippen LogP contribution is 2.19. The standard InChI is InChI=1S/C22H17FN6O3/c23-17-3-1-2-16(12-17)22-27-26-19-8-9-21(28-29(19)22)31-11-10-25-20(30)14-32-18-6-4-15(13-24)5-7-18/h1-9,12H,10-11,14H2,(H,25,30). The van der Waals surface area contributed by atoms with Crippen LogP contribution in [0.25, 0.3) is 17.0 Å². The first-order valence-corrected chi connectivity index (χ1v) is 9.63. The van der Waals surface area contributed by atoms with Crippen molar-refractivity contribution in [2.45, 2.75) is 0 Å². The lowest BCUT2D eigenvalue weighted by atomic mass is 10.2. The Morgan fingerprint density at radius 2 is 1.94 bits per heavy atom. The number of aromatic nitrogens is 4. The number of amides is 1. The van der Waals surface area contributed by atoms with Crippen molar-refractivity contribution in [3.05, 3.63) is 72.0 Å². The Morgan fingerprint density at radius 3 is 2.72 bits per heavy atom. The van der Waals surface area contributed by atoms with Gasteiger partial charge in [-0.1, -0.05) is 12.1 Å². The number of nitrogens with one attached hydrogen (secondary N) is 1. The zero-order valence-electron chi connectivity index (χ0n) is 16.7. The van der Waals surface area contributed by atoms with E-state index in [1.54, 1.807) is 48.5 Å². The van der Waals surface area contributed by atoms with Crippen molar-refractivity contribution < 1.29 is 18.7 Å². The van der Waals surface area contributed by atoms with E-state index in [2.05, 4.69) is 20.6 Å². The predicted octanol–water partition coefficient (Wildman–Crippen LogP) is 2.38. The van der Waals surface area contributed by atoms with Crippen LogP contribution < -0.4 is 14.8 Å². The fourth-order valence-corrected chi connectivity index (χ4v) is 2.83. The minimum atomic E-state index is -0.384. The molecule has 0 atom stereocenters. The second kappa shape index (κ2) is 9.53. The molecule has 0 spiro atoms. The third kappa shape index (κ3) is 4.96. The Balaban J connectivity index is 1.28. The molecule has 0 radical (unpaired) electrons. The zero-order chi connectivity index (χ0) is 22.3. The molecule has 0 fully saturated rings. The van der Waals surface area contributed by atoms with Crippen LogP contribution in [-0.4, -0.2) is 45.5 Å². The molecule has 0 bridgehead atoms. The maximum atomic E-state index is 13.5. The number of benzene rings is 2. The molecule has 160 valence electrons. The molecule has 0 saturated heterocycles. The number of fused-ring (bicyclic) bond motifs is 1. The van der Waals surface area contributed by atoms with E-state index in [4.69, 9.17) is 14.7 Å². The molecule has 0 unspecified atom stereocenters. The fraction of sp³-hybridized carbons (Fsp3) is 0.136. The minimum Gasteiger partial charge on any atom is -0.484 e. The molecule has 0 aliphatic carbocycles. The van der Waals surface area contributed by atoms with Gasteiger partial charge in [0.1, 0.15) is 18.2 Å². The second-order valence-electron chi connectivity index (χ2n) is 6.60. The van der Waals surface area contributed by atoms with Crippen molar-refractivity contribution in [2.75, 3.05) is 19.8 Å². The number of hydrogen-bond donors (Lipinski definition) is 1. The van der Waals surface area contributed by atoms with Crippen molar-refractivity contribution in [2.24, 2.45) is 0 Å². The smallest absolute Gasteiger partial charge is 0.258 e. The lowest BCUT2D eigenvalue weighted by Gasteiger charge is -2.09. The first-order chi connectivity index (χ1) is 15.6. The molecule has 4 aromatic rings. The van der Waals surface area contributed by atoms with Gasteiger partial charge in [0.05, 0.1) is 18.2 Å². The summed E-state index contributed by atoms with van der Waals surface area (Å²) in [6.45, 7) is 0.264. The zero-order valence-corrected chi connectivity index (χ0v) is 16.7. The fourth-order valence-electron chi connectivity index (χ4n) is 2.83. The third-order valence-electron chi connectivity index (χ3n) is 4.35. The van der Waals surface area contributed by atoms with Crippen molar-refractivity contribution >= 4 is 11.6 Å². The molecule has 1 N–H and O–H groups in total. The molecule has 2 aromatic carbocycles. The molecule has 10 heteroatoms. The molecule has 9 nitrogen and oxygen atoms in total. The summed E-state index contributed by atoms with van der Waals surface area (Å²) in [6.07, 6.45) is 0. The van der Waals surface area contributed by atoms with Gasteiger partial charge >= 0.3 is 0 Å². The van der Waals surface area contributed by atoms with Crippen LogP contribution in [0.2, 0.25) is 0 Å². The molecule has 0 aliphatic heterocycles. The lowest BCUT2D eigenvalue weighted by Crippen LogP contribution is -2.32. The summed E-state index contributed by atoms with van der Waals surface area (Å²) in [5.41, 5.74) is 1.54. The summed E-state index contributed by atoms with van der Waals surface area (Å²) in [6, 6.07) is 17.8. The summed E-state index contributed by atoms with van der Waals surface area (Å²) in [5.74, 6) is 0.492. The maximum absolute atomic E-state index is 13.5. The summed E-state index contributed by atoms with van der Waals surface area (Å²) in [4.78, 5) is 11.9. The van der Waals surface area contributed by atoms with Crippen molar-refractivity contribution in [3.63, 3.8) is 0 Å². The van der Waals surface area contributed by atoms with Gasteiger partial charge in [-0.3, -0.25) is 4.79 Å². The van der Waals surface area contributed by atoms with Crippen LogP contribution in [0.5, 0.6) is 11.6 Å². The summed E-state index contributed by atoms with van der Waals surface area (Å²) in [7, 11) is 0. The van der Waals surface area contributed by atoms with E-state index < -0.39 is 0 Å². The molecule has 32 heavy (non-hydrogen) atoms. The van der Waals surface area contributed by atoms with Crippen LogP contribution in [-0.2, 0) is 4.79 Å². The van der Waals surface area contributed by atoms with Crippen LogP contribution in [0.1, 0.15) is 5.56 Å². The first kappa shape index (κ1) is 20.7. The summed E-state index contributed by atoms with van der Waals surface area (Å²) in [5, 5.41) is 23.9. The van der Waals surface area contributed by atoms with E-state index in [-0.39, 0.29) is 31.5 Å². The molecule has 4 rings (SSSR count). The number of carbonyl (C=O) groups excluding carboxylic acids is 1. The first-order valence-electron chi connectivity index (χ1n) is 9.63. The molecular weight excluding hydrogens is 415 g/mol. The number of halogens is 1. The van der Waals surface area contributed by atoms with Gasteiger partial charge in [0.25, 0.3) is 5.91 Å². The average molecular weight is 432 g/mol. The quantitative estimate of drug-likeness (QED) is 0.425. The van der Waals surface area contributed by atoms with Gasteiger partial charge in [0.2, 0.25) is 5.88 Å². The van der Waals surface area contributed by atoms with E-state index in [9.17, 15) is 9.18 Å². The molecular formula is C22H17FN6O3. The van der Waals surface area contributed by atoms with E-state index in [0.29, 0.717) is 34.2 Å². The summed E-state index contributed by atoms with van der Waals surface area (Å²) < 4.78 is 26.0. The molecule has 0 saturated carbocycles. The SMILES string of the molecule is N#Cc1ccc(OCC(=O)NCCOc2ccc3nnc(-c4cccc(F)c4)n3n2)cc1. The highest BCUT2D eigenvalue weighted by atomic mass is 19.1. The van der Waals surface area contributed by atoms with Gasteiger partial charge < -0.3 is 14.8 Å². The van der Waals surface area contributed by atoms with Crippen molar-refractivity contribution in [1.82, 2.24) is 25.1 Å². The second-order valence-corrected chi connectivity index (χ2v) is 6.60. The number of carbonyl (C=O) groups is 1. The Bertz CT molecular complexity index is 1280. The van der Waals surface area contributed by atoms with Crippen LogP contribution in [0.4, 0.5) is 4.39 Å². The monoisotopic (exact) mass is 432 g/mol. The van der Waals surface area contributed by atoms with Crippen LogP contribution >= 0.6 is 0 Å². The normalized spacial score (nSPS) is 10.5. The molecule has 1 amide bonds. The van der Waals surface area contributed by atoms with Gasteiger partial charge in [0, 0.05) is 11.6 Å². The Labute approximate surface area is 182 Å². The van der Waals surface area contributed by atoms with Crippen LogP contribution in [0.3, 0.4) is 0 Å². The maximum Gasteiger partial charge on any atom is 0.258 e. The van der Waals surface area contributed by atoms with Gasteiger partial charge in [-0.05, 0) is 42.5 Å². The van der Waals surface area contributed by atoms with E-state index in [1.807, 2.05) is 6.07 Å². The Kier molecular flexibility index (Phi) is 6.17. The minimum absolute atomic E-state index is 0.159. The van der Waals surface area contributed by atoms with E-state index in [1.165, 1.54) is 16.6 Å². The number of nitriles is 1. The average Bonchev–Trinajstić information content (AvgIpc) is 3.24. The van der Waals surface area contributed by atoms with Crippen LogP contribution in [0.15, 0.2) is 60.7 Å². The van der Waals surface area contributed by atoms with Gasteiger partial charge in [-0.25, -0.2) is 4.39 Å². The highest BCUT2D eigenvalue weighted by molar-refractivity contribution is 5.77. The molecule has 0 aliphatic rings. The number of ether oxygens (including phenoxy) is 2. The Hall–Kier alpha value is -4.52. The molecule has 2 aromatic heterocycles. The van der Waals surface area contributed by atoms with Crippen molar-refractivity contribution in [1.29, 1.82) is 5.26 Å². The van der Waals surface area contributed by atoms with Gasteiger partial charge in [-0.2, -0.15) is 9.78 Å². The number of nitrogens with zero attached hydrogens (tertiary/aromatic N) is 5. The summed E-state index contributed by atoms with van der Waals surface area (Å²) >= 11 is 0. The van der Waals surface area contributed by atoms with Crippen LogP contribution in [0, 0.1) is 17.1 Å². The number of hydrogen-bond acceptors (Lipinski definition) is 7. The van der Waals surface area contributed by atoms with E-state index >= 15 is 0 Å². The Morgan fingerprint density at radius 1 is 1.09 bits per heavy atom. The molecule has 2 heterocycles. The van der Waals surface area contributed by atoms with E-state index in [0.717, 1.165) is 0 Å². The number of rotatable bonds is 8. The van der Waals surface area contributed by atoms with Gasteiger partial charge in [-0.15, -0.1) is 15.3 Å². The topological polar surface area (TPSA) is 114 Å².